The standard InChI is InChI=1S/C15H24BN3O3/c1-10(2)19(11(3)20)13-17-8-12(9-18-13)16-21-14(4,5)15(6,7)22-16/h8-10H,1-7H3. The third kappa shape index (κ3) is 3.01. The number of anilines is 1. The van der Waals surface area contributed by atoms with Crippen LogP contribution in [-0.2, 0) is 14.1 Å². The molecule has 2 rings (SSSR count). The molecule has 1 aromatic rings. The minimum atomic E-state index is -0.496. The van der Waals surface area contributed by atoms with E-state index in [4.69, 9.17) is 9.31 Å². The Morgan fingerprint density at radius 1 is 1.14 bits per heavy atom. The van der Waals surface area contributed by atoms with E-state index in [-0.39, 0.29) is 11.9 Å². The summed E-state index contributed by atoms with van der Waals surface area (Å²) in [5.74, 6) is 0.307. The van der Waals surface area contributed by atoms with Gasteiger partial charge in [0.1, 0.15) is 0 Å². The second-order valence-corrected chi connectivity index (χ2v) is 6.89. The van der Waals surface area contributed by atoms with Gasteiger partial charge in [-0.25, -0.2) is 9.97 Å². The zero-order valence-electron chi connectivity index (χ0n) is 14.4. The lowest BCUT2D eigenvalue weighted by atomic mass is 9.81. The molecule has 0 aromatic carbocycles. The average molecular weight is 305 g/mol. The molecule has 1 fully saturated rings. The number of aromatic nitrogens is 2. The summed E-state index contributed by atoms with van der Waals surface area (Å²) in [7, 11) is -0.496. The van der Waals surface area contributed by atoms with Gasteiger partial charge in [-0.05, 0) is 41.5 Å². The van der Waals surface area contributed by atoms with Crippen molar-refractivity contribution in [3.8, 4) is 0 Å². The van der Waals surface area contributed by atoms with Gasteiger partial charge < -0.3 is 9.31 Å². The predicted molar refractivity (Wildman–Crippen MR) is 86.0 cm³/mol. The minimum absolute atomic E-state index is 0.000183. The van der Waals surface area contributed by atoms with E-state index in [9.17, 15) is 4.79 Å². The Morgan fingerprint density at radius 2 is 1.59 bits per heavy atom. The number of hydrogen-bond acceptors (Lipinski definition) is 5. The molecule has 1 aliphatic heterocycles. The zero-order chi connectivity index (χ0) is 16.7. The summed E-state index contributed by atoms with van der Waals surface area (Å²) in [6.07, 6.45) is 3.31. The highest BCUT2D eigenvalue weighted by Crippen LogP contribution is 2.36. The summed E-state index contributed by atoms with van der Waals surface area (Å²) in [5, 5.41) is 0. The van der Waals surface area contributed by atoms with Crippen LogP contribution in [0.1, 0.15) is 48.5 Å². The summed E-state index contributed by atoms with van der Waals surface area (Å²) < 4.78 is 11.9. The highest BCUT2D eigenvalue weighted by Gasteiger charge is 2.52. The SMILES string of the molecule is CC(=O)N(c1ncc(B2OC(C)(C)C(C)(C)O2)cn1)C(C)C. The summed E-state index contributed by atoms with van der Waals surface area (Å²) >= 11 is 0. The lowest BCUT2D eigenvalue weighted by Crippen LogP contribution is -2.41. The molecule has 1 aromatic heterocycles. The van der Waals surface area contributed by atoms with Gasteiger partial charge in [0.05, 0.1) is 11.2 Å². The van der Waals surface area contributed by atoms with Crippen molar-refractivity contribution < 1.29 is 14.1 Å². The largest absolute Gasteiger partial charge is 0.498 e. The van der Waals surface area contributed by atoms with E-state index < -0.39 is 18.3 Å². The third-order valence-electron chi connectivity index (χ3n) is 4.25. The Labute approximate surface area is 132 Å². The Kier molecular flexibility index (Phi) is 4.32. The Bertz CT molecular complexity index is 542. The van der Waals surface area contributed by atoms with E-state index in [0.717, 1.165) is 5.46 Å². The first kappa shape index (κ1) is 16.9. The molecular weight excluding hydrogens is 281 g/mol. The number of carbonyl (C=O) groups is 1. The molecule has 0 bridgehead atoms. The second-order valence-electron chi connectivity index (χ2n) is 6.89. The Balaban J connectivity index is 2.22. The molecule has 0 N–H and O–H groups in total. The van der Waals surface area contributed by atoms with Gasteiger partial charge in [-0.3, -0.25) is 9.69 Å². The van der Waals surface area contributed by atoms with Crippen molar-refractivity contribution >= 4 is 24.4 Å². The molecular formula is C15H24BN3O3. The van der Waals surface area contributed by atoms with Gasteiger partial charge in [0.2, 0.25) is 11.9 Å². The second kappa shape index (κ2) is 5.63. The number of amides is 1. The summed E-state index contributed by atoms with van der Waals surface area (Å²) in [6, 6.07) is 0.000183. The van der Waals surface area contributed by atoms with Crippen molar-refractivity contribution in [1.82, 2.24) is 9.97 Å². The van der Waals surface area contributed by atoms with E-state index >= 15 is 0 Å². The topological polar surface area (TPSA) is 64.6 Å². The first-order chi connectivity index (χ1) is 10.0. The molecule has 7 heteroatoms. The molecule has 1 saturated heterocycles. The maximum absolute atomic E-state index is 11.7. The van der Waals surface area contributed by atoms with Crippen LogP contribution in [0.5, 0.6) is 0 Å². The number of rotatable bonds is 3. The summed E-state index contributed by atoms with van der Waals surface area (Å²) in [5.41, 5.74) is -0.0611. The summed E-state index contributed by atoms with van der Waals surface area (Å²) in [4.78, 5) is 21.8. The van der Waals surface area contributed by atoms with E-state index in [0.29, 0.717) is 5.95 Å². The van der Waals surface area contributed by atoms with Crippen LogP contribution in [0.3, 0.4) is 0 Å². The molecule has 22 heavy (non-hydrogen) atoms. The van der Waals surface area contributed by atoms with Crippen LogP contribution < -0.4 is 10.4 Å². The van der Waals surface area contributed by atoms with Gasteiger partial charge in [0, 0.05) is 30.8 Å². The van der Waals surface area contributed by atoms with Crippen LogP contribution in [0.2, 0.25) is 0 Å². The maximum atomic E-state index is 11.7. The lowest BCUT2D eigenvalue weighted by Gasteiger charge is -2.32. The van der Waals surface area contributed by atoms with Gasteiger partial charge >= 0.3 is 7.12 Å². The molecule has 1 amide bonds. The first-order valence-electron chi connectivity index (χ1n) is 7.52. The fraction of sp³-hybridized carbons (Fsp3) is 0.667. The van der Waals surface area contributed by atoms with E-state index in [1.54, 1.807) is 17.3 Å². The fourth-order valence-corrected chi connectivity index (χ4v) is 2.29. The minimum Gasteiger partial charge on any atom is -0.399 e. The monoisotopic (exact) mass is 305 g/mol. The van der Waals surface area contributed by atoms with Crippen LogP contribution >= 0.6 is 0 Å². The molecule has 1 aliphatic rings. The van der Waals surface area contributed by atoms with Crippen molar-refractivity contribution in [2.24, 2.45) is 0 Å². The quantitative estimate of drug-likeness (QED) is 0.793. The van der Waals surface area contributed by atoms with Gasteiger partial charge in [0.15, 0.2) is 0 Å². The molecule has 0 saturated carbocycles. The van der Waals surface area contributed by atoms with E-state index in [1.165, 1.54) is 6.92 Å². The lowest BCUT2D eigenvalue weighted by molar-refractivity contribution is -0.117. The van der Waals surface area contributed by atoms with Crippen molar-refractivity contribution in [2.75, 3.05) is 4.90 Å². The maximum Gasteiger partial charge on any atom is 0.498 e. The highest BCUT2D eigenvalue weighted by molar-refractivity contribution is 6.61. The number of carbonyl (C=O) groups excluding carboxylic acids is 1. The van der Waals surface area contributed by atoms with Crippen molar-refractivity contribution in [3.05, 3.63) is 12.4 Å². The Hall–Kier alpha value is -1.47. The molecule has 0 unspecified atom stereocenters. The van der Waals surface area contributed by atoms with Crippen molar-refractivity contribution in [1.29, 1.82) is 0 Å². The average Bonchev–Trinajstić information content (AvgIpc) is 2.58. The molecule has 0 aliphatic carbocycles. The third-order valence-corrected chi connectivity index (χ3v) is 4.25. The highest BCUT2D eigenvalue weighted by atomic mass is 16.7. The smallest absolute Gasteiger partial charge is 0.399 e. The number of hydrogen-bond donors (Lipinski definition) is 0. The molecule has 0 atom stereocenters. The number of nitrogens with zero attached hydrogens (tertiary/aromatic N) is 3. The van der Waals surface area contributed by atoms with Gasteiger partial charge in [-0.15, -0.1) is 0 Å². The van der Waals surface area contributed by atoms with Gasteiger partial charge in [-0.1, -0.05) is 0 Å². The van der Waals surface area contributed by atoms with Crippen molar-refractivity contribution in [3.63, 3.8) is 0 Å². The molecule has 6 nitrogen and oxygen atoms in total. The van der Waals surface area contributed by atoms with Crippen LogP contribution in [0, 0.1) is 0 Å². The normalized spacial score (nSPS) is 19.5. The van der Waals surface area contributed by atoms with Crippen LogP contribution in [0.25, 0.3) is 0 Å². The van der Waals surface area contributed by atoms with Crippen LogP contribution in [-0.4, -0.2) is 40.2 Å². The Morgan fingerprint density at radius 3 is 1.95 bits per heavy atom. The predicted octanol–water partition coefficient (Wildman–Crippen LogP) is 1.54. The first-order valence-corrected chi connectivity index (χ1v) is 7.52. The van der Waals surface area contributed by atoms with Gasteiger partial charge in [0.25, 0.3) is 0 Å². The van der Waals surface area contributed by atoms with E-state index in [1.807, 2.05) is 41.5 Å². The molecule has 120 valence electrons. The van der Waals surface area contributed by atoms with E-state index in [2.05, 4.69) is 9.97 Å². The van der Waals surface area contributed by atoms with Crippen LogP contribution in [0.15, 0.2) is 12.4 Å². The van der Waals surface area contributed by atoms with Crippen molar-refractivity contribution in [2.45, 2.75) is 65.7 Å². The van der Waals surface area contributed by atoms with Gasteiger partial charge in [-0.2, -0.15) is 0 Å². The fourth-order valence-electron chi connectivity index (χ4n) is 2.29. The zero-order valence-corrected chi connectivity index (χ0v) is 14.4. The molecule has 0 spiro atoms. The molecule has 0 radical (unpaired) electrons. The molecule has 2 heterocycles. The van der Waals surface area contributed by atoms with Crippen LogP contribution in [0.4, 0.5) is 5.95 Å². The summed E-state index contributed by atoms with van der Waals surface area (Å²) in [6.45, 7) is 13.3.